The number of methoxy groups -OCH3 is 1. The highest BCUT2D eigenvalue weighted by molar-refractivity contribution is 5.86. The summed E-state index contributed by atoms with van der Waals surface area (Å²) in [5.41, 5.74) is 8.72. The Kier molecular flexibility index (Phi) is 3.55. The number of nitrogens with two attached hydrogens (primary N) is 1. The standard InChI is InChI=1S/C18H14N2O2/c1-21-14-9-7-13(8-10-14)17-15(11-19)16(18(20)22-17)12-5-3-2-4-6-12/h2-10H,20H2,1H3. The van der Waals surface area contributed by atoms with Crippen molar-refractivity contribution in [3.8, 4) is 34.3 Å². The van der Waals surface area contributed by atoms with E-state index in [0.717, 1.165) is 16.9 Å². The van der Waals surface area contributed by atoms with E-state index in [-0.39, 0.29) is 5.88 Å². The zero-order valence-electron chi connectivity index (χ0n) is 12.0. The fourth-order valence-electron chi connectivity index (χ4n) is 2.39. The van der Waals surface area contributed by atoms with Gasteiger partial charge in [0.2, 0.25) is 0 Å². The van der Waals surface area contributed by atoms with E-state index >= 15 is 0 Å². The average molecular weight is 290 g/mol. The molecule has 22 heavy (non-hydrogen) atoms. The van der Waals surface area contributed by atoms with Crippen molar-refractivity contribution in [1.82, 2.24) is 0 Å². The predicted octanol–water partition coefficient (Wildman–Crippen LogP) is 4.08. The summed E-state index contributed by atoms with van der Waals surface area (Å²) in [6, 6.07) is 19.0. The molecule has 0 bridgehead atoms. The number of ether oxygens (including phenoxy) is 1. The number of nitrogen functional groups attached to an aromatic ring is 1. The molecule has 4 heteroatoms. The lowest BCUT2D eigenvalue weighted by atomic mass is 10.0. The van der Waals surface area contributed by atoms with Crippen molar-refractivity contribution >= 4 is 5.88 Å². The van der Waals surface area contributed by atoms with Crippen LogP contribution < -0.4 is 10.5 Å². The molecule has 0 aliphatic carbocycles. The summed E-state index contributed by atoms with van der Waals surface area (Å²) >= 11 is 0. The fraction of sp³-hybridized carbons (Fsp3) is 0.0556. The Balaban J connectivity index is 2.16. The van der Waals surface area contributed by atoms with Gasteiger partial charge < -0.3 is 14.9 Å². The minimum Gasteiger partial charge on any atom is -0.497 e. The molecule has 3 aromatic rings. The highest BCUT2D eigenvalue weighted by Gasteiger charge is 2.21. The van der Waals surface area contributed by atoms with Gasteiger partial charge in [-0.1, -0.05) is 30.3 Å². The fourth-order valence-corrected chi connectivity index (χ4v) is 2.39. The Bertz CT molecular complexity index is 828. The van der Waals surface area contributed by atoms with Crippen LogP contribution in [0.2, 0.25) is 0 Å². The van der Waals surface area contributed by atoms with E-state index in [9.17, 15) is 5.26 Å². The van der Waals surface area contributed by atoms with Crippen LogP contribution in [-0.2, 0) is 0 Å². The number of anilines is 1. The second kappa shape index (κ2) is 5.66. The van der Waals surface area contributed by atoms with Gasteiger partial charge in [-0.2, -0.15) is 5.26 Å². The van der Waals surface area contributed by atoms with Crippen LogP contribution in [0.1, 0.15) is 5.56 Å². The highest BCUT2D eigenvalue weighted by atomic mass is 16.5. The van der Waals surface area contributed by atoms with Gasteiger partial charge in [0, 0.05) is 5.56 Å². The number of nitriles is 1. The lowest BCUT2D eigenvalue weighted by molar-refractivity contribution is 0.415. The molecule has 0 saturated carbocycles. The summed E-state index contributed by atoms with van der Waals surface area (Å²) in [5, 5.41) is 9.55. The molecule has 0 radical (unpaired) electrons. The van der Waals surface area contributed by atoms with E-state index in [1.807, 2.05) is 54.6 Å². The maximum atomic E-state index is 9.55. The van der Waals surface area contributed by atoms with Crippen molar-refractivity contribution in [2.75, 3.05) is 12.8 Å². The quantitative estimate of drug-likeness (QED) is 0.789. The predicted molar refractivity (Wildman–Crippen MR) is 85.3 cm³/mol. The van der Waals surface area contributed by atoms with Crippen molar-refractivity contribution in [1.29, 1.82) is 5.26 Å². The second-order valence-corrected chi connectivity index (χ2v) is 4.75. The molecular formula is C18H14N2O2. The number of hydrogen-bond donors (Lipinski definition) is 1. The van der Waals surface area contributed by atoms with Crippen LogP contribution >= 0.6 is 0 Å². The van der Waals surface area contributed by atoms with Crippen molar-refractivity contribution in [3.05, 3.63) is 60.2 Å². The van der Waals surface area contributed by atoms with Gasteiger partial charge in [0.25, 0.3) is 0 Å². The van der Waals surface area contributed by atoms with Crippen LogP contribution in [0.3, 0.4) is 0 Å². The van der Waals surface area contributed by atoms with Crippen LogP contribution in [0, 0.1) is 11.3 Å². The molecule has 0 aliphatic rings. The van der Waals surface area contributed by atoms with E-state index in [1.54, 1.807) is 7.11 Å². The lowest BCUT2D eigenvalue weighted by Gasteiger charge is -2.01. The summed E-state index contributed by atoms with van der Waals surface area (Å²) in [6.45, 7) is 0. The Labute approximate surface area is 128 Å². The Morgan fingerprint density at radius 2 is 1.68 bits per heavy atom. The van der Waals surface area contributed by atoms with Crippen LogP contribution in [0.4, 0.5) is 5.88 Å². The second-order valence-electron chi connectivity index (χ2n) is 4.75. The molecule has 0 saturated heterocycles. The van der Waals surface area contributed by atoms with Crippen molar-refractivity contribution in [2.45, 2.75) is 0 Å². The molecule has 3 rings (SSSR count). The zero-order valence-corrected chi connectivity index (χ0v) is 12.0. The molecular weight excluding hydrogens is 276 g/mol. The Hall–Kier alpha value is -3.19. The molecule has 0 atom stereocenters. The third-order valence-electron chi connectivity index (χ3n) is 3.46. The monoisotopic (exact) mass is 290 g/mol. The average Bonchev–Trinajstić information content (AvgIpc) is 2.92. The zero-order chi connectivity index (χ0) is 15.5. The minimum atomic E-state index is 0.244. The van der Waals surface area contributed by atoms with Gasteiger partial charge in [0.1, 0.15) is 17.4 Å². The topological polar surface area (TPSA) is 72.2 Å². The van der Waals surface area contributed by atoms with E-state index in [0.29, 0.717) is 16.9 Å². The number of nitrogens with zero attached hydrogens (tertiary/aromatic N) is 1. The molecule has 0 aliphatic heterocycles. The largest absolute Gasteiger partial charge is 0.497 e. The van der Waals surface area contributed by atoms with Gasteiger partial charge in [-0.25, -0.2) is 0 Å². The van der Waals surface area contributed by atoms with E-state index in [1.165, 1.54) is 0 Å². The van der Waals surface area contributed by atoms with Gasteiger partial charge in [0.05, 0.1) is 12.7 Å². The maximum absolute atomic E-state index is 9.55. The Morgan fingerprint density at radius 1 is 1.00 bits per heavy atom. The van der Waals surface area contributed by atoms with Crippen LogP contribution in [0.15, 0.2) is 59.0 Å². The molecule has 4 nitrogen and oxygen atoms in total. The normalized spacial score (nSPS) is 10.2. The highest BCUT2D eigenvalue weighted by Crippen LogP contribution is 2.39. The van der Waals surface area contributed by atoms with Gasteiger partial charge in [-0.15, -0.1) is 0 Å². The summed E-state index contributed by atoms with van der Waals surface area (Å²) in [7, 11) is 1.61. The maximum Gasteiger partial charge on any atom is 0.200 e. The first kappa shape index (κ1) is 13.8. The first-order valence-corrected chi connectivity index (χ1v) is 6.76. The van der Waals surface area contributed by atoms with E-state index in [2.05, 4.69) is 6.07 Å². The summed E-state index contributed by atoms with van der Waals surface area (Å²) in [5.74, 6) is 1.46. The Morgan fingerprint density at radius 3 is 2.27 bits per heavy atom. The smallest absolute Gasteiger partial charge is 0.200 e. The van der Waals surface area contributed by atoms with Crippen LogP contribution in [0.5, 0.6) is 5.75 Å². The third kappa shape index (κ3) is 2.29. The van der Waals surface area contributed by atoms with Crippen molar-refractivity contribution in [2.24, 2.45) is 0 Å². The molecule has 0 spiro atoms. The summed E-state index contributed by atoms with van der Waals surface area (Å²) < 4.78 is 10.8. The van der Waals surface area contributed by atoms with Gasteiger partial charge in [-0.3, -0.25) is 0 Å². The van der Waals surface area contributed by atoms with E-state index < -0.39 is 0 Å². The lowest BCUT2D eigenvalue weighted by Crippen LogP contribution is -1.87. The first-order valence-electron chi connectivity index (χ1n) is 6.76. The van der Waals surface area contributed by atoms with Gasteiger partial charge in [0.15, 0.2) is 11.6 Å². The number of furan rings is 1. The van der Waals surface area contributed by atoms with E-state index in [4.69, 9.17) is 14.9 Å². The van der Waals surface area contributed by atoms with Gasteiger partial charge >= 0.3 is 0 Å². The van der Waals surface area contributed by atoms with Crippen molar-refractivity contribution in [3.63, 3.8) is 0 Å². The summed E-state index contributed by atoms with van der Waals surface area (Å²) in [6.07, 6.45) is 0. The van der Waals surface area contributed by atoms with Crippen LogP contribution in [-0.4, -0.2) is 7.11 Å². The minimum absolute atomic E-state index is 0.244. The van der Waals surface area contributed by atoms with Gasteiger partial charge in [-0.05, 0) is 29.8 Å². The molecule has 1 aromatic heterocycles. The first-order chi connectivity index (χ1) is 10.7. The molecule has 0 fully saturated rings. The number of rotatable bonds is 3. The molecule has 0 unspecified atom stereocenters. The molecule has 0 amide bonds. The number of hydrogen-bond acceptors (Lipinski definition) is 4. The SMILES string of the molecule is COc1ccc(-c2oc(N)c(-c3ccccc3)c2C#N)cc1. The molecule has 1 heterocycles. The number of benzene rings is 2. The third-order valence-corrected chi connectivity index (χ3v) is 3.46. The molecule has 108 valence electrons. The molecule has 2 N–H and O–H groups in total. The van der Waals surface area contributed by atoms with Crippen LogP contribution in [0.25, 0.3) is 22.5 Å². The molecule has 2 aromatic carbocycles. The van der Waals surface area contributed by atoms with Crippen molar-refractivity contribution < 1.29 is 9.15 Å². The summed E-state index contributed by atoms with van der Waals surface area (Å²) in [4.78, 5) is 0.